The minimum absolute atomic E-state index is 0.0936. The molecule has 112 valence electrons. The van der Waals surface area contributed by atoms with Crippen LogP contribution in [-0.4, -0.2) is 18.2 Å². The van der Waals surface area contributed by atoms with Gasteiger partial charge in [0.2, 0.25) is 0 Å². The highest BCUT2D eigenvalue weighted by atomic mass is 16.5. The smallest absolute Gasteiger partial charge is 0.0835 e. The predicted octanol–water partition coefficient (Wildman–Crippen LogP) is 3.85. The van der Waals surface area contributed by atoms with Gasteiger partial charge in [0.15, 0.2) is 0 Å². The Kier molecular flexibility index (Phi) is 5.22. The first-order valence-corrected chi connectivity index (χ1v) is 8.01. The minimum atomic E-state index is -0.108. The average Bonchev–Trinajstić information content (AvgIpc) is 2.44. The Balaban J connectivity index is 2.11. The summed E-state index contributed by atoms with van der Waals surface area (Å²) in [4.78, 5) is 0. The van der Waals surface area contributed by atoms with Crippen LogP contribution in [0.4, 0.5) is 0 Å². The zero-order valence-electron chi connectivity index (χ0n) is 13.2. The lowest BCUT2D eigenvalue weighted by Gasteiger charge is -2.43. The normalized spacial score (nSPS) is 28.3. The number of aryl methyl sites for hydroxylation is 1. The molecular weight excluding hydrogens is 246 g/mol. The summed E-state index contributed by atoms with van der Waals surface area (Å²) in [5.74, 6) is 0.814. The van der Waals surface area contributed by atoms with Crippen molar-refractivity contribution in [1.82, 2.24) is 0 Å². The zero-order valence-corrected chi connectivity index (χ0v) is 13.2. The van der Waals surface area contributed by atoms with E-state index < -0.39 is 0 Å². The third kappa shape index (κ3) is 3.42. The van der Waals surface area contributed by atoms with Crippen molar-refractivity contribution >= 4 is 0 Å². The van der Waals surface area contributed by atoms with E-state index >= 15 is 0 Å². The number of nitrogens with two attached hydrogens (primary N) is 1. The molecule has 0 aliphatic heterocycles. The first-order valence-electron chi connectivity index (χ1n) is 8.01. The highest BCUT2D eigenvalue weighted by molar-refractivity contribution is 5.27. The Bertz CT molecular complexity index is 421. The predicted molar refractivity (Wildman–Crippen MR) is 84.8 cm³/mol. The Morgan fingerprint density at radius 1 is 1.30 bits per heavy atom. The van der Waals surface area contributed by atoms with Crippen LogP contribution in [-0.2, 0) is 11.2 Å². The van der Waals surface area contributed by atoms with Crippen LogP contribution in [0, 0.1) is 12.8 Å². The van der Waals surface area contributed by atoms with Crippen molar-refractivity contribution in [2.75, 3.05) is 6.61 Å². The van der Waals surface area contributed by atoms with Gasteiger partial charge in [0.05, 0.1) is 5.60 Å². The maximum Gasteiger partial charge on any atom is 0.0835 e. The van der Waals surface area contributed by atoms with Gasteiger partial charge in [-0.2, -0.15) is 0 Å². The van der Waals surface area contributed by atoms with E-state index in [9.17, 15) is 0 Å². The number of ether oxygens (including phenoxy) is 1. The van der Waals surface area contributed by atoms with E-state index in [4.69, 9.17) is 10.5 Å². The Hall–Kier alpha value is -0.860. The summed E-state index contributed by atoms with van der Waals surface area (Å²) in [6.07, 6.45) is 5.61. The molecule has 2 N–H and O–H groups in total. The lowest BCUT2D eigenvalue weighted by atomic mass is 9.74. The maximum atomic E-state index is 6.59. The highest BCUT2D eigenvalue weighted by Gasteiger charge is 2.40. The van der Waals surface area contributed by atoms with Gasteiger partial charge in [-0.25, -0.2) is 0 Å². The van der Waals surface area contributed by atoms with Gasteiger partial charge in [-0.3, -0.25) is 0 Å². The van der Waals surface area contributed by atoms with E-state index in [1.54, 1.807) is 0 Å². The summed E-state index contributed by atoms with van der Waals surface area (Å²) in [5.41, 5.74) is 9.17. The number of hydrogen-bond donors (Lipinski definition) is 1. The molecule has 0 bridgehead atoms. The molecule has 1 saturated carbocycles. The van der Waals surface area contributed by atoms with Gasteiger partial charge in [-0.15, -0.1) is 0 Å². The second-order valence-electron chi connectivity index (χ2n) is 6.42. The summed E-state index contributed by atoms with van der Waals surface area (Å²) in [5, 5.41) is 0. The molecule has 0 saturated heterocycles. The van der Waals surface area contributed by atoms with Crippen LogP contribution in [0.25, 0.3) is 0 Å². The molecule has 0 radical (unpaired) electrons. The largest absolute Gasteiger partial charge is 0.374 e. The molecule has 2 heteroatoms. The zero-order chi connectivity index (χ0) is 14.6. The molecule has 1 fully saturated rings. The van der Waals surface area contributed by atoms with E-state index in [1.165, 1.54) is 24.0 Å². The van der Waals surface area contributed by atoms with E-state index in [2.05, 4.69) is 45.0 Å². The van der Waals surface area contributed by atoms with Crippen LogP contribution in [0.3, 0.4) is 0 Å². The lowest BCUT2D eigenvalue weighted by Crippen LogP contribution is -2.53. The first kappa shape index (κ1) is 15.5. The fourth-order valence-corrected chi connectivity index (χ4v) is 3.42. The molecule has 0 heterocycles. The molecule has 1 aromatic carbocycles. The Morgan fingerprint density at radius 2 is 1.95 bits per heavy atom. The average molecular weight is 275 g/mol. The maximum absolute atomic E-state index is 6.59. The van der Waals surface area contributed by atoms with Crippen molar-refractivity contribution in [1.29, 1.82) is 0 Å². The van der Waals surface area contributed by atoms with Gasteiger partial charge in [-0.1, -0.05) is 31.2 Å². The molecule has 0 amide bonds. The number of hydrogen-bond acceptors (Lipinski definition) is 2. The van der Waals surface area contributed by atoms with Crippen molar-refractivity contribution in [2.45, 2.75) is 64.5 Å². The molecule has 2 rings (SSSR count). The van der Waals surface area contributed by atoms with Crippen molar-refractivity contribution in [3.63, 3.8) is 0 Å². The Morgan fingerprint density at radius 3 is 2.55 bits per heavy atom. The molecule has 1 aliphatic rings. The number of rotatable bonds is 5. The van der Waals surface area contributed by atoms with E-state index in [0.717, 1.165) is 31.8 Å². The molecule has 1 aliphatic carbocycles. The number of benzene rings is 1. The molecule has 2 nitrogen and oxygen atoms in total. The third-order valence-electron chi connectivity index (χ3n) is 4.93. The third-order valence-corrected chi connectivity index (χ3v) is 4.93. The molecular formula is C18H29NO. The minimum Gasteiger partial charge on any atom is -0.374 e. The standard InChI is InChI=1S/C18H29NO/c1-4-20-18(11-9-14(2)10-12-18)17(19)13-16-8-6-5-7-15(16)3/h5-8,14,17H,4,9-13,19H2,1-3H3. The molecule has 1 unspecified atom stereocenters. The van der Waals surface area contributed by atoms with Crippen LogP contribution in [0.1, 0.15) is 50.7 Å². The van der Waals surface area contributed by atoms with Gasteiger partial charge < -0.3 is 10.5 Å². The summed E-state index contributed by atoms with van der Waals surface area (Å²) in [6, 6.07) is 8.64. The SMILES string of the molecule is CCOC1(C(N)Cc2ccccc2C)CCC(C)CC1. The van der Waals surface area contributed by atoms with Crippen molar-refractivity contribution in [2.24, 2.45) is 11.7 Å². The summed E-state index contributed by atoms with van der Waals surface area (Å²) in [6.45, 7) is 7.34. The molecule has 0 spiro atoms. The second kappa shape index (κ2) is 6.73. The van der Waals surface area contributed by atoms with Crippen LogP contribution in [0.15, 0.2) is 24.3 Å². The summed E-state index contributed by atoms with van der Waals surface area (Å²) in [7, 11) is 0. The van der Waals surface area contributed by atoms with E-state index in [1.807, 2.05) is 0 Å². The van der Waals surface area contributed by atoms with Gasteiger partial charge in [-0.05, 0) is 63.0 Å². The molecule has 20 heavy (non-hydrogen) atoms. The topological polar surface area (TPSA) is 35.2 Å². The Labute approximate surface area is 123 Å². The molecule has 1 atom stereocenters. The fraction of sp³-hybridized carbons (Fsp3) is 0.667. The van der Waals surface area contributed by atoms with Gasteiger partial charge in [0.25, 0.3) is 0 Å². The van der Waals surface area contributed by atoms with Crippen LogP contribution >= 0.6 is 0 Å². The fourth-order valence-electron chi connectivity index (χ4n) is 3.42. The molecule has 0 aromatic heterocycles. The monoisotopic (exact) mass is 275 g/mol. The lowest BCUT2D eigenvalue weighted by molar-refractivity contribution is -0.0883. The quantitative estimate of drug-likeness (QED) is 0.886. The highest BCUT2D eigenvalue weighted by Crippen LogP contribution is 2.37. The van der Waals surface area contributed by atoms with E-state index in [-0.39, 0.29) is 11.6 Å². The second-order valence-corrected chi connectivity index (χ2v) is 6.42. The van der Waals surface area contributed by atoms with E-state index in [0.29, 0.717) is 0 Å². The van der Waals surface area contributed by atoms with Crippen LogP contribution in [0.5, 0.6) is 0 Å². The van der Waals surface area contributed by atoms with Crippen molar-refractivity contribution in [3.05, 3.63) is 35.4 Å². The van der Waals surface area contributed by atoms with Gasteiger partial charge >= 0.3 is 0 Å². The van der Waals surface area contributed by atoms with Crippen molar-refractivity contribution in [3.8, 4) is 0 Å². The van der Waals surface area contributed by atoms with Crippen LogP contribution < -0.4 is 5.73 Å². The van der Waals surface area contributed by atoms with Gasteiger partial charge in [0.1, 0.15) is 0 Å². The summed E-state index contributed by atoms with van der Waals surface area (Å²) >= 11 is 0. The van der Waals surface area contributed by atoms with Gasteiger partial charge in [0, 0.05) is 12.6 Å². The molecule has 1 aromatic rings. The van der Waals surface area contributed by atoms with Crippen LogP contribution in [0.2, 0.25) is 0 Å². The summed E-state index contributed by atoms with van der Waals surface area (Å²) < 4.78 is 6.17. The van der Waals surface area contributed by atoms with Crippen molar-refractivity contribution < 1.29 is 4.74 Å². The first-order chi connectivity index (χ1) is 9.57.